The molecule has 0 bridgehead atoms. The number of benzene rings is 2. The minimum absolute atomic E-state index is 0.500. The van der Waals surface area contributed by atoms with E-state index >= 15 is 0 Å². The number of hydrogen-bond donors (Lipinski definition) is 1. The summed E-state index contributed by atoms with van der Waals surface area (Å²) in [6.07, 6.45) is 4.76. The molecule has 2 aromatic carbocycles. The van der Waals surface area contributed by atoms with Crippen LogP contribution < -0.4 is 4.74 Å². The summed E-state index contributed by atoms with van der Waals surface area (Å²) in [5.41, 5.74) is 2.05. The van der Waals surface area contributed by atoms with Crippen LogP contribution in [0.4, 0.5) is 0 Å². The number of nitrogens with zero attached hydrogens (tertiary/aromatic N) is 3. The molecule has 1 heterocycles. The molecule has 3 rings (SSSR count). The van der Waals surface area contributed by atoms with Crippen LogP contribution in [0.25, 0.3) is 0 Å². The van der Waals surface area contributed by atoms with Gasteiger partial charge in [-0.05, 0) is 54.0 Å². The quantitative estimate of drug-likeness (QED) is 0.368. The Kier molecular flexibility index (Phi) is 6.95. The molecule has 7 heteroatoms. The van der Waals surface area contributed by atoms with Crippen molar-refractivity contribution in [1.82, 2.24) is 14.9 Å². The van der Waals surface area contributed by atoms with Gasteiger partial charge in [-0.25, -0.2) is 0 Å². The van der Waals surface area contributed by atoms with Gasteiger partial charge in [0, 0.05) is 10.9 Å². The highest BCUT2D eigenvalue weighted by Gasteiger charge is 2.04. The van der Waals surface area contributed by atoms with E-state index in [1.54, 1.807) is 10.9 Å². The van der Waals surface area contributed by atoms with Gasteiger partial charge in [-0.1, -0.05) is 53.5 Å². The molecule has 0 saturated carbocycles. The monoisotopic (exact) mass is 444 g/mol. The van der Waals surface area contributed by atoms with Crippen LogP contribution in [0, 0.1) is 4.77 Å². The van der Waals surface area contributed by atoms with Gasteiger partial charge in [0.1, 0.15) is 12.4 Å². The van der Waals surface area contributed by atoms with Crippen LogP contribution in [0.15, 0.2) is 58.1 Å². The zero-order valence-electron chi connectivity index (χ0n) is 15.1. The zero-order valence-corrected chi connectivity index (χ0v) is 17.5. The standard InChI is InChI=1S/C20H21BrN4OS/c1-2-3-7-19-23-24-20(27)25(19)22-13-16-5-4-6-18(12-16)26-14-15-8-10-17(21)11-9-15/h4-6,8-13H,2-3,7,14H2,1H3,(H,24,27)/b22-13+. The average molecular weight is 445 g/mol. The molecule has 0 fully saturated rings. The van der Waals surface area contributed by atoms with Gasteiger partial charge < -0.3 is 4.74 Å². The molecule has 0 aliphatic rings. The molecule has 0 radical (unpaired) electrons. The van der Waals surface area contributed by atoms with Crippen LogP contribution >= 0.6 is 28.1 Å². The van der Waals surface area contributed by atoms with Gasteiger partial charge in [0.15, 0.2) is 5.82 Å². The van der Waals surface area contributed by atoms with Crippen molar-refractivity contribution in [3.63, 3.8) is 0 Å². The Hall–Kier alpha value is -2.25. The van der Waals surface area contributed by atoms with Crippen molar-refractivity contribution >= 4 is 34.4 Å². The van der Waals surface area contributed by atoms with Gasteiger partial charge in [-0.3, -0.25) is 5.10 Å². The van der Waals surface area contributed by atoms with Gasteiger partial charge in [0.25, 0.3) is 0 Å². The minimum atomic E-state index is 0.500. The molecule has 0 atom stereocenters. The highest BCUT2D eigenvalue weighted by molar-refractivity contribution is 9.10. The lowest BCUT2D eigenvalue weighted by Gasteiger charge is -2.07. The first-order valence-corrected chi connectivity index (χ1v) is 10.0. The maximum atomic E-state index is 5.89. The summed E-state index contributed by atoms with van der Waals surface area (Å²) in [6, 6.07) is 15.9. The number of H-pyrrole nitrogens is 1. The Morgan fingerprint density at radius 3 is 2.85 bits per heavy atom. The second-order valence-corrected chi connectivity index (χ2v) is 7.39. The highest BCUT2D eigenvalue weighted by Crippen LogP contribution is 2.16. The number of rotatable bonds is 8. The van der Waals surface area contributed by atoms with Gasteiger partial charge in [-0.2, -0.15) is 14.9 Å². The van der Waals surface area contributed by atoms with Crippen molar-refractivity contribution in [3.05, 3.63) is 74.7 Å². The van der Waals surface area contributed by atoms with Gasteiger partial charge in [0.2, 0.25) is 4.77 Å². The molecular weight excluding hydrogens is 424 g/mol. The molecule has 1 aromatic heterocycles. The number of aryl methyl sites for hydroxylation is 1. The van der Waals surface area contributed by atoms with E-state index in [9.17, 15) is 0 Å². The predicted octanol–water partition coefficient (Wildman–Crippen LogP) is 5.51. The number of aromatic amines is 1. The molecule has 3 aromatic rings. The molecule has 5 nitrogen and oxygen atoms in total. The van der Waals surface area contributed by atoms with Gasteiger partial charge in [-0.15, -0.1) is 0 Å². The van der Waals surface area contributed by atoms with Crippen molar-refractivity contribution in [3.8, 4) is 5.75 Å². The lowest BCUT2D eigenvalue weighted by Crippen LogP contribution is -1.99. The lowest BCUT2D eigenvalue weighted by atomic mass is 10.2. The second kappa shape index (κ2) is 9.62. The minimum Gasteiger partial charge on any atom is -0.489 e. The molecular formula is C20H21BrN4OS. The van der Waals surface area contributed by atoms with Crippen molar-refractivity contribution in [2.24, 2.45) is 5.10 Å². The van der Waals surface area contributed by atoms with Gasteiger partial charge >= 0.3 is 0 Å². The van der Waals surface area contributed by atoms with E-state index in [4.69, 9.17) is 17.0 Å². The first-order chi connectivity index (χ1) is 13.2. The fraction of sp³-hybridized carbons (Fsp3) is 0.250. The third-order valence-electron chi connectivity index (χ3n) is 3.97. The van der Waals surface area contributed by atoms with Crippen LogP contribution in [0.3, 0.4) is 0 Å². The fourth-order valence-corrected chi connectivity index (χ4v) is 2.96. The normalized spacial score (nSPS) is 11.2. The summed E-state index contributed by atoms with van der Waals surface area (Å²) in [4.78, 5) is 0. The van der Waals surface area contributed by atoms with Crippen LogP contribution in [-0.2, 0) is 13.0 Å². The Bertz CT molecular complexity index is 963. The summed E-state index contributed by atoms with van der Waals surface area (Å²) in [7, 11) is 0. The number of unbranched alkanes of at least 4 members (excludes halogenated alkanes) is 1. The van der Waals surface area contributed by atoms with E-state index in [0.29, 0.717) is 11.4 Å². The summed E-state index contributed by atoms with van der Waals surface area (Å²) in [5.74, 6) is 1.64. The summed E-state index contributed by atoms with van der Waals surface area (Å²) in [6.45, 7) is 2.66. The molecule has 0 aliphatic carbocycles. The summed E-state index contributed by atoms with van der Waals surface area (Å²) in [5, 5.41) is 11.6. The fourth-order valence-electron chi connectivity index (χ4n) is 2.50. The number of nitrogens with one attached hydrogen (secondary N) is 1. The van der Waals surface area contributed by atoms with E-state index in [1.165, 1.54) is 0 Å². The zero-order chi connectivity index (χ0) is 19.1. The molecule has 0 spiro atoms. The molecule has 0 aliphatic heterocycles. The van der Waals surface area contributed by atoms with E-state index < -0.39 is 0 Å². The van der Waals surface area contributed by atoms with E-state index in [1.807, 2.05) is 48.5 Å². The summed E-state index contributed by atoms with van der Waals surface area (Å²) < 4.78 is 9.12. The average Bonchev–Trinajstić information content (AvgIpc) is 3.04. The van der Waals surface area contributed by atoms with Gasteiger partial charge in [0.05, 0.1) is 6.21 Å². The Labute approximate surface area is 172 Å². The molecule has 140 valence electrons. The largest absolute Gasteiger partial charge is 0.489 e. The van der Waals surface area contributed by atoms with E-state index in [2.05, 4.69) is 38.2 Å². The third kappa shape index (κ3) is 5.61. The van der Waals surface area contributed by atoms with E-state index in [0.717, 1.165) is 46.4 Å². The number of ether oxygens (including phenoxy) is 1. The molecule has 0 saturated heterocycles. The SMILES string of the molecule is CCCCc1n[nH]c(=S)n1/N=C/c1cccc(OCc2ccc(Br)cc2)c1. The number of halogens is 1. The van der Waals surface area contributed by atoms with Crippen molar-refractivity contribution < 1.29 is 4.74 Å². The predicted molar refractivity (Wildman–Crippen MR) is 114 cm³/mol. The molecule has 0 unspecified atom stereocenters. The maximum absolute atomic E-state index is 5.89. The van der Waals surface area contributed by atoms with Crippen molar-refractivity contribution in [2.75, 3.05) is 0 Å². The van der Waals surface area contributed by atoms with E-state index in [-0.39, 0.29) is 0 Å². The van der Waals surface area contributed by atoms with Crippen LogP contribution in [0.2, 0.25) is 0 Å². The van der Waals surface area contributed by atoms with Crippen LogP contribution in [0.1, 0.15) is 36.7 Å². The Morgan fingerprint density at radius 1 is 1.26 bits per heavy atom. The van der Waals surface area contributed by atoms with Crippen LogP contribution in [-0.4, -0.2) is 21.1 Å². The second-order valence-electron chi connectivity index (χ2n) is 6.09. The Morgan fingerprint density at radius 2 is 2.07 bits per heavy atom. The van der Waals surface area contributed by atoms with Crippen LogP contribution in [0.5, 0.6) is 5.75 Å². The molecule has 1 N–H and O–H groups in total. The summed E-state index contributed by atoms with van der Waals surface area (Å²) >= 11 is 8.71. The molecule has 27 heavy (non-hydrogen) atoms. The topological polar surface area (TPSA) is 55.2 Å². The van der Waals surface area contributed by atoms with Crippen molar-refractivity contribution in [2.45, 2.75) is 32.8 Å². The highest BCUT2D eigenvalue weighted by atomic mass is 79.9. The molecule has 0 amide bonds. The third-order valence-corrected chi connectivity index (χ3v) is 4.76. The first-order valence-electron chi connectivity index (χ1n) is 8.83. The Balaban J connectivity index is 1.68. The van der Waals surface area contributed by atoms with Crippen molar-refractivity contribution in [1.29, 1.82) is 0 Å². The smallest absolute Gasteiger partial charge is 0.216 e. The number of hydrogen-bond acceptors (Lipinski definition) is 4. The lowest BCUT2D eigenvalue weighted by molar-refractivity contribution is 0.306. The number of aromatic nitrogens is 3. The maximum Gasteiger partial charge on any atom is 0.216 e. The first kappa shape index (κ1) is 19.5.